The van der Waals surface area contributed by atoms with E-state index in [1.807, 2.05) is 0 Å². The molecule has 2 aliphatic rings. The van der Waals surface area contributed by atoms with Crippen LogP contribution < -0.4 is 10.5 Å². The summed E-state index contributed by atoms with van der Waals surface area (Å²) in [6, 6.07) is 3.94. The molecular formula is C14H17ClN2O3S. The molecule has 1 amide bonds. The predicted octanol–water partition coefficient (Wildman–Crippen LogP) is 1.91. The molecule has 0 unspecified atom stereocenters. The van der Waals surface area contributed by atoms with Crippen LogP contribution in [0.2, 0.25) is 5.02 Å². The Balaban J connectivity index is 1.73. The highest BCUT2D eigenvalue weighted by Crippen LogP contribution is 2.60. The summed E-state index contributed by atoms with van der Waals surface area (Å²) in [5.41, 5.74) is 0.509. The number of rotatable bonds is 5. The van der Waals surface area contributed by atoms with E-state index in [4.69, 9.17) is 16.7 Å². The first kappa shape index (κ1) is 14.8. The first-order valence-corrected chi connectivity index (χ1v) is 8.84. The fourth-order valence-electron chi connectivity index (χ4n) is 2.80. The normalized spacial score (nSPS) is 20.1. The molecule has 0 aromatic heterocycles. The first-order valence-electron chi connectivity index (χ1n) is 6.92. The van der Waals surface area contributed by atoms with E-state index in [0.717, 1.165) is 18.8 Å². The van der Waals surface area contributed by atoms with Crippen LogP contribution in [0.5, 0.6) is 0 Å². The van der Waals surface area contributed by atoms with E-state index in [1.165, 1.54) is 31.0 Å². The molecule has 3 N–H and O–H groups in total. The molecule has 0 aliphatic heterocycles. The lowest BCUT2D eigenvalue weighted by atomic mass is 10.0. The number of halogens is 1. The van der Waals surface area contributed by atoms with Gasteiger partial charge in [-0.3, -0.25) is 4.79 Å². The summed E-state index contributed by atoms with van der Waals surface area (Å²) >= 11 is 5.86. The molecule has 0 spiro atoms. The number of amides is 1. The van der Waals surface area contributed by atoms with E-state index in [9.17, 15) is 13.2 Å². The van der Waals surface area contributed by atoms with Gasteiger partial charge in [0.15, 0.2) is 0 Å². The Morgan fingerprint density at radius 3 is 2.52 bits per heavy atom. The maximum atomic E-state index is 12.2. The van der Waals surface area contributed by atoms with Crippen molar-refractivity contribution < 1.29 is 13.2 Å². The number of carbonyl (C=O) groups excluding carboxylic acids is 1. The molecule has 114 valence electrons. The Hall–Kier alpha value is -1.11. The number of hydrogen-bond donors (Lipinski definition) is 2. The lowest BCUT2D eigenvalue weighted by Crippen LogP contribution is -2.31. The Morgan fingerprint density at radius 2 is 2.00 bits per heavy atom. The zero-order valence-corrected chi connectivity index (χ0v) is 13.0. The topological polar surface area (TPSA) is 89.3 Å². The van der Waals surface area contributed by atoms with Gasteiger partial charge in [-0.05, 0) is 55.2 Å². The molecule has 0 heterocycles. The van der Waals surface area contributed by atoms with E-state index in [0.29, 0.717) is 6.54 Å². The van der Waals surface area contributed by atoms with Gasteiger partial charge in [-0.1, -0.05) is 11.6 Å². The van der Waals surface area contributed by atoms with Crippen molar-refractivity contribution in [2.75, 3.05) is 6.54 Å². The summed E-state index contributed by atoms with van der Waals surface area (Å²) < 4.78 is 22.7. The van der Waals surface area contributed by atoms with Crippen molar-refractivity contribution in [3.8, 4) is 0 Å². The minimum atomic E-state index is -3.88. The summed E-state index contributed by atoms with van der Waals surface area (Å²) in [5.74, 6) is 0.437. The summed E-state index contributed by atoms with van der Waals surface area (Å²) in [4.78, 5) is 12.0. The van der Waals surface area contributed by atoms with Gasteiger partial charge < -0.3 is 5.32 Å². The van der Waals surface area contributed by atoms with Gasteiger partial charge in [-0.2, -0.15) is 0 Å². The molecule has 0 bridgehead atoms. The quantitative estimate of drug-likeness (QED) is 0.865. The van der Waals surface area contributed by atoms with Crippen molar-refractivity contribution in [3.63, 3.8) is 0 Å². The number of hydrogen-bond acceptors (Lipinski definition) is 3. The molecule has 0 saturated heterocycles. The summed E-state index contributed by atoms with van der Waals surface area (Å²) in [6.07, 6.45) is 4.83. The summed E-state index contributed by atoms with van der Waals surface area (Å²) in [7, 11) is -3.88. The van der Waals surface area contributed by atoms with Crippen LogP contribution in [0.15, 0.2) is 23.1 Å². The van der Waals surface area contributed by atoms with Crippen molar-refractivity contribution >= 4 is 27.5 Å². The number of benzene rings is 1. The van der Waals surface area contributed by atoms with Crippen molar-refractivity contribution in [2.45, 2.75) is 30.6 Å². The van der Waals surface area contributed by atoms with Crippen molar-refractivity contribution in [1.82, 2.24) is 5.32 Å². The van der Waals surface area contributed by atoms with Crippen molar-refractivity contribution in [2.24, 2.45) is 16.5 Å². The van der Waals surface area contributed by atoms with Gasteiger partial charge in [0.05, 0.1) is 4.90 Å². The number of primary sulfonamides is 1. The molecule has 3 rings (SSSR count). The summed E-state index contributed by atoms with van der Waals surface area (Å²) in [5, 5.41) is 8.15. The second-order valence-electron chi connectivity index (χ2n) is 6.04. The lowest BCUT2D eigenvalue weighted by molar-refractivity contribution is 0.0942. The molecule has 2 fully saturated rings. The van der Waals surface area contributed by atoms with Crippen LogP contribution in [-0.4, -0.2) is 20.9 Å². The Labute approximate surface area is 128 Å². The van der Waals surface area contributed by atoms with Gasteiger partial charge >= 0.3 is 0 Å². The Bertz CT molecular complexity index is 694. The molecular weight excluding hydrogens is 312 g/mol. The Kier molecular flexibility index (Phi) is 3.50. The predicted molar refractivity (Wildman–Crippen MR) is 79.5 cm³/mol. The number of sulfonamides is 1. The van der Waals surface area contributed by atoms with Gasteiger partial charge in [-0.25, -0.2) is 13.6 Å². The van der Waals surface area contributed by atoms with Crippen LogP contribution >= 0.6 is 11.6 Å². The highest BCUT2D eigenvalue weighted by molar-refractivity contribution is 7.89. The average Bonchev–Trinajstić information content (AvgIpc) is 3.25. The number of carbonyl (C=O) groups is 1. The third-order valence-electron chi connectivity index (χ3n) is 4.40. The SMILES string of the molecule is NS(=O)(=O)c1cc(Cl)cc(C(=O)NCC2(C3CC3)CC2)c1. The number of nitrogens with one attached hydrogen (secondary N) is 1. The average molecular weight is 329 g/mol. The fraction of sp³-hybridized carbons (Fsp3) is 0.500. The van der Waals surface area contributed by atoms with E-state index in [2.05, 4.69) is 5.32 Å². The minimum absolute atomic E-state index is 0.150. The molecule has 0 radical (unpaired) electrons. The molecule has 1 aromatic carbocycles. The van der Waals surface area contributed by atoms with Gasteiger partial charge in [0.25, 0.3) is 5.91 Å². The van der Waals surface area contributed by atoms with Gasteiger partial charge in [0, 0.05) is 17.1 Å². The molecule has 21 heavy (non-hydrogen) atoms. The van der Waals surface area contributed by atoms with Crippen LogP contribution in [0.3, 0.4) is 0 Å². The van der Waals surface area contributed by atoms with Gasteiger partial charge in [-0.15, -0.1) is 0 Å². The lowest BCUT2D eigenvalue weighted by Gasteiger charge is -2.15. The van der Waals surface area contributed by atoms with Crippen LogP contribution in [0, 0.1) is 11.3 Å². The van der Waals surface area contributed by atoms with Crippen LogP contribution in [-0.2, 0) is 10.0 Å². The van der Waals surface area contributed by atoms with Crippen molar-refractivity contribution in [1.29, 1.82) is 0 Å². The molecule has 2 aliphatic carbocycles. The molecule has 0 atom stereocenters. The third kappa shape index (κ3) is 3.22. The highest BCUT2D eigenvalue weighted by atomic mass is 35.5. The highest BCUT2D eigenvalue weighted by Gasteiger charge is 2.53. The van der Waals surface area contributed by atoms with Gasteiger partial charge in [0.1, 0.15) is 0 Å². The zero-order chi connectivity index (χ0) is 15.3. The summed E-state index contributed by atoms with van der Waals surface area (Å²) in [6.45, 7) is 0.647. The smallest absolute Gasteiger partial charge is 0.251 e. The van der Waals surface area contributed by atoms with Gasteiger partial charge in [0.2, 0.25) is 10.0 Å². The van der Waals surface area contributed by atoms with E-state index in [-0.39, 0.29) is 26.8 Å². The van der Waals surface area contributed by atoms with E-state index in [1.54, 1.807) is 0 Å². The Morgan fingerprint density at radius 1 is 1.33 bits per heavy atom. The fourth-order valence-corrected chi connectivity index (χ4v) is 3.68. The maximum Gasteiger partial charge on any atom is 0.251 e. The van der Waals surface area contributed by atoms with Crippen LogP contribution in [0.1, 0.15) is 36.0 Å². The number of nitrogens with two attached hydrogens (primary N) is 1. The van der Waals surface area contributed by atoms with Crippen LogP contribution in [0.4, 0.5) is 0 Å². The molecule has 2 saturated carbocycles. The van der Waals surface area contributed by atoms with Crippen LogP contribution in [0.25, 0.3) is 0 Å². The minimum Gasteiger partial charge on any atom is -0.351 e. The zero-order valence-electron chi connectivity index (χ0n) is 11.4. The molecule has 7 heteroatoms. The van der Waals surface area contributed by atoms with E-state index >= 15 is 0 Å². The monoisotopic (exact) mass is 328 g/mol. The van der Waals surface area contributed by atoms with Crippen molar-refractivity contribution in [3.05, 3.63) is 28.8 Å². The second kappa shape index (κ2) is 4.97. The standard InChI is InChI=1S/C14H17ClN2O3S/c15-11-5-9(6-12(7-11)21(16,19)20)13(18)17-8-14(3-4-14)10-1-2-10/h5-7,10H,1-4,8H2,(H,17,18)(H2,16,19,20). The maximum absolute atomic E-state index is 12.2. The third-order valence-corrected chi connectivity index (χ3v) is 5.51. The molecule has 5 nitrogen and oxygen atoms in total. The second-order valence-corrected chi connectivity index (χ2v) is 8.04. The molecule has 1 aromatic rings. The largest absolute Gasteiger partial charge is 0.351 e. The first-order chi connectivity index (χ1) is 9.80. The van der Waals surface area contributed by atoms with E-state index < -0.39 is 10.0 Å².